The van der Waals surface area contributed by atoms with Crippen LogP contribution in [0.3, 0.4) is 0 Å². The molecule has 0 aromatic carbocycles. The molecule has 1 heterocycles. The number of methoxy groups -OCH3 is 1. The predicted octanol–water partition coefficient (Wildman–Crippen LogP) is 0.723. The lowest BCUT2D eigenvalue weighted by molar-refractivity contribution is 0.0223. The molecule has 4 nitrogen and oxygen atoms in total. The quantitative estimate of drug-likeness (QED) is 0.654. The molecule has 1 N–H and O–H groups in total. The monoisotopic (exact) mass is 230 g/mol. The molecule has 0 aromatic rings. The molecule has 1 rings (SSSR count). The highest BCUT2D eigenvalue weighted by atomic mass is 16.5. The first-order valence-electron chi connectivity index (χ1n) is 6.20. The van der Waals surface area contributed by atoms with Crippen LogP contribution < -0.4 is 5.32 Å². The first-order chi connectivity index (χ1) is 7.64. The maximum atomic E-state index is 5.34. The van der Waals surface area contributed by atoms with Crippen LogP contribution in [-0.4, -0.2) is 63.5 Å². The van der Waals surface area contributed by atoms with Gasteiger partial charge < -0.3 is 14.8 Å². The molecule has 0 bridgehead atoms. The Morgan fingerprint density at radius 2 is 2.00 bits per heavy atom. The minimum absolute atomic E-state index is 0.0566. The Bertz CT molecular complexity index is 180. The van der Waals surface area contributed by atoms with E-state index in [4.69, 9.17) is 9.47 Å². The molecule has 4 heteroatoms. The molecule has 1 aliphatic heterocycles. The number of hydrogen-bond donors (Lipinski definition) is 1. The average molecular weight is 230 g/mol. The smallest absolute Gasteiger partial charge is 0.0746 e. The van der Waals surface area contributed by atoms with Crippen molar-refractivity contribution in [2.45, 2.75) is 25.9 Å². The lowest BCUT2D eigenvalue weighted by Gasteiger charge is -2.27. The third-order valence-corrected chi connectivity index (χ3v) is 3.03. The summed E-state index contributed by atoms with van der Waals surface area (Å²) in [4.78, 5) is 2.46. The molecule has 0 atom stereocenters. The number of ether oxygens (including phenoxy) is 2. The predicted molar refractivity (Wildman–Crippen MR) is 65.8 cm³/mol. The van der Waals surface area contributed by atoms with Gasteiger partial charge in [-0.3, -0.25) is 4.90 Å². The van der Waals surface area contributed by atoms with Crippen molar-refractivity contribution in [1.82, 2.24) is 10.2 Å². The number of rotatable bonds is 7. The first-order valence-corrected chi connectivity index (χ1v) is 6.20. The van der Waals surface area contributed by atoms with Gasteiger partial charge in [-0.15, -0.1) is 0 Å². The van der Waals surface area contributed by atoms with Crippen molar-refractivity contribution in [3.63, 3.8) is 0 Å². The number of hydrogen-bond acceptors (Lipinski definition) is 4. The van der Waals surface area contributed by atoms with Gasteiger partial charge in [0, 0.05) is 26.7 Å². The van der Waals surface area contributed by atoms with Crippen LogP contribution in [0.4, 0.5) is 0 Å². The van der Waals surface area contributed by atoms with E-state index in [1.54, 1.807) is 7.11 Å². The van der Waals surface area contributed by atoms with E-state index in [0.717, 1.165) is 39.4 Å². The van der Waals surface area contributed by atoms with Crippen LogP contribution in [0.25, 0.3) is 0 Å². The SMILES string of the molecule is COC(C)(C)CNCCCN1CCOCC1. The van der Waals surface area contributed by atoms with Gasteiger partial charge in [0.15, 0.2) is 0 Å². The molecule has 1 saturated heterocycles. The molecular weight excluding hydrogens is 204 g/mol. The summed E-state index contributed by atoms with van der Waals surface area (Å²) in [7, 11) is 1.76. The summed E-state index contributed by atoms with van der Waals surface area (Å²) in [5, 5.41) is 3.43. The van der Waals surface area contributed by atoms with Crippen LogP contribution >= 0.6 is 0 Å². The summed E-state index contributed by atoms with van der Waals surface area (Å²) in [6.07, 6.45) is 1.19. The van der Waals surface area contributed by atoms with Gasteiger partial charge in [-0.2, -0.15) is 0 Å². The Balaban J connectivity index is 1.95. The van der Waals surface area contributed by atoms with Crippen LogP contribution in [0.15, 0.2) is 0 Å². The van der Waals surface area contributed by atoms with Crippen LogP contribution in [0.1, 0.15) is 20.3 Å². The van der Waals surface area contributed by atoms with Crippen molar-refractivity contribution in [2.24, 2.45) is 0 Å². The van der Waals surface area contributed by atoms with Crippen molar-refractivity contribution in [1.29, 1.82) is 0 Å². The van der Waals surface area contributed by atoms with Gasteiger partial charge in [0.25, 0.3) is 0 Å². The van der Waals surface area contributed by atoms with E-state index in [-0.39, 0.29) is 5.60 Å². The molecule has 0 saturated carbocycles. The van der Waals surface area contributed by atoms with Crippen molar-refractivity contribution < 1.29 is 9.47 Å². The molecule has 0 radical (unpaired) electrons. The second-order valence-electron chi connectivity index (χ2n) is 4.95. The lowest BCUT2D eigenvalue weighted by atomic mass is 10.1. The van der Waals surface area contributed by atoms with Crippen molar-refractivity contribution in [3.05, 3.63) is 0 Å². The Morgan fingerprint density at radius 3 is 2.62 bits per heavy atom. The van der Waals surface area contributed by atoms with Crippen LogP contribution in [0.2, 0.25) is 0 Å². The fourth-order valence-corrected chi connectivity index (χ4v) is 1.71. The number of morpholine rings is 1. The first kappa shape index (κ1) is 13.9. The summed E-state index contributed by atoms with van der Waals surface area (Å²) >= 11 is 0. The Morgan fingerprint density at radius 1 is 1.31 bits per heavy atom. The van der Waals surface area contributed by atoms with Crippen LogP contribution in [-0.2, 0) is 9.47 Å². The molecule has 0 unspecified atom stereocenters. The van der Waals surface area contributed by atoms with Crippen molar-refractivity contribution >= 4 is 0 Å². The third-order valence-electron chi connectivity index (χ3n) is 3.03. The zero-order valence-corrected chi connectivity index (χ0v) is 10.9. The van der Waals surface area contributed by atoms with Gasteiger partial charge in [0.1, 0.15) is 0 Å². The third kappa shape index (κ3) is 5.80. The second-order valence-corrected chi connectivity index (χ2v) is 4.95. The normalized spacial score (nSPS) is 18.9. The summed E-state index contributed by atoms with van der Waals surface area (Å²) in [5.74, 6) is 0. The molecular formula is C12H26N2O2. The van der Waals surface area contributed by atoms with Crippen LogP contribution in [0, 0.1) is 0 Å². The largest absolute Gasteiger partial charge is 0.379 e. The molecule has 0 amide bonds. The molecule has 96 valence electrons. The van der Waals surface area contributed by atoms with E-state index in [0.29, 0.717) is 0 Å². The second kappa shape index (κ2) is 7.22. The van der Waals surface area contributed by atoms with Gasteiger partial charge in [-0.25, -0.2) is 0 Å². The Kier molecular flexibility index (Phi) is 6.28. The molecule has 1 aliphatic rings. The van der Waals surface area contributed by atoms with Gasteiger partial charge in [0.2, 0.25) is 0 Å². The fourth-order valence-electron chi connectivity index (χ4n) is 1.71. The molecule has 1 fully saturated rings. The summed E-state index contributed by atoms with van der Waals surface area (Å²) in [5.41, 5.74) is -0.0566. The molecule has 16 heavy (non-hydrogen) atoms. The van der Waals surface area contributed by atoms with Gasteiger partial charge >= 0.3 is 0 Å². The number of nitrogens with one attached hydrogen (secondary N) is 1. The highest BCUT2D eigenvalue weighted by Gasteiger charge is 2.15. The molecule has 0 aliphatic carbocycles. The average Bonchev–Trinajstić information content (AvgIpc) is 2.30. The van der Waals surface area contributed by atoms with E-state index < -0.39 is 0 Å². The lowest BCUT2D eigenvalue weighted by Crippen LogP contribution is -2.40. The zero-order chi connectivity index (χ0) is 11.9. The van der Waals surface area contributed by atoms with Crippen LogP contribution in [0.5, 0.6) is 0 Å². The summed E-state index contributed by atoms with van der Waals surface area (Å²) < 4.78 is 10.7. The van der Waals surface area contributed by atoms with Crippen molar-refractivity contribution in [3.8, 4) is 0 Å². The maximum absolute atomic E-state index is 5.34. The summed E-state index contributed by atoms with van der Waals surface area (Å²) in [6, 6.07) is 0. The van der Waals surface area contributed by atoms with Gasteiger partial charge in [0.05, 0.1) is 18.8 Å². The highest BCUT2D eigenvalue weighted by molar-refractivity contribution is 4.71. The Hall–Kier alpha value is -0.160. The Labute approximate surface area is 99.3 Å². The number of nitrogens with zero attached hydrogens (tertiary/aromatic N) is 1. The fraction of sp³-hybridized carbons (Fsp3) is 1.00. The highest BCUT2D eigenvalue weighted by Crippen LogP contribution is 2.04. The van der Waals surface area contributed by atoms with E-state index >= 15 is 0 Å². The maximum Gasteiger partial charge on any atom is 0.0746 e. The van der Waals surface area contributed by atoms with Gasteiger partial charge in [-0.1, -0.05) is 0 Å². The van der Waals surface area contributed by atoms with E-state index in [1.807, 2.05) is 0 Å². The molecule has 0 spiro atoms. The zero-order valence-electron chi connectivity index (χ0n) is 10.9. The van der Waals surface area contributed by atoms with E-state index in [1.165, 1.54) is 13.0 Å². The van der Waals surface area contributed by atoms with Gasteiger partial charge in [-0.05, 0) is 33.4 Å². The summed E-state index contributed by atoms with van der Waals surface area (Å²) in [6.45, 7) is 11.3. The van der Waals surface area contributed by atoms with E-state index in [9.17, 15) is 0 Å². The van der Waals surface area contributed by atoms with E-state index in [2.05, 4.69) is 24.1 Å². The standard InChI is InChI=1S/C12H26N2O2/c1-12(2,15-3)11-13-5-4-6-14-7-9-16-10-8-14/h13H,4-11H2,1-3H3. The van der Waals surface area contributed by atoms with Crippen molar-refractivity contribution in [2.75, 3.05) is 53.0 Å². The molecule has 0 aromatic heterocycles. The minimum Gasteiger partial charge on any atom is -0.379 e. The topological polar surface area (TPSA) is 33.7 Å². The minimum atomic E-state index is -0.0566.